The SMILES string of the molecule is CCCCCCCCCCOc1cc2c3cc(OCCCCCCCCCC)c(OCCCCCCCCCC)cc3c3cc(OCCCCCCOc4ccc(C(=O)O)cc4)c(OCCCCCCCCCC)cc3c2cc1OCCCCCCCCCC. The van der Waals surface area contributed by atoms with Crippen LogP contribution in [0, 0.1) is 0 Å². The van der Waals surface area contributed by atoms with Gasteiger partial charge in [0.1, 0.15) is 5.75 Å². The Kier molecular flexibility index (Phi) is 41.7. The van der Waals surface area contributed by atoms with Crippen molar-refractivity contribution in [1.82, 2.24) is 0 Å². The van der Waals surface area contributed by atoms with Gasteiger partial charge in [0.05, 0.1) is 51.8 Å². The molecule has 5 aromatic rings. The van der Waals surface area contributed by atoms with E-state index < -0.39 is 5.97 Å². The summed E-state index contributed by atoms with van der Waals surface area (Å²) in [5.41, 5.74) is 0.260. The summed E-state index contributed by atoms with van der Waals surface area (Å²) in [6.07, 6.45) is 53.5. The Morgan fingerprint density at radius 3 is 0.589 bits per heavy atom. The molecule has 5 rings (SSSR count). The minimum atomic E-state index is -0.935. The van der Waals surface area contributed by atoms with Crippen molar-refractivity contribution in [2.24, 2.45) is 0 Å². The Hall–Kier alpha value is -5.05. The molecule has 0 saturated heterocycles. The maximum absolute atomic E-state index is 11.4. The Labute approximate surface area is 548 Å². The van der Waals surface area contributed by atoms with E-state index in [0.717, 1.165) is 157 Å². The lowest BCUT2D eigenvalue weighted by Gasteiger charge is -2.21. The molecule has 0 aromatic heterocycles. The number of unbranched alkanes of at least 4 members (excludes halogenated alkanes) is 38. The highest BCUT2D eigenvalue weighted by atomic mass is 16.5. The van der Waals surface area contributed by atoms with E-state index in [2.05, 4.69) is 71.0 Å². The summed E-state index contributed by atoms with van der Waals surface area (Å²) in [7, 11) is 0. The van der Waals surface area contributed by atoms with Gasteiger partial charge in [-0.3, -0.25) is 0 Å². The van der Waals surface area contributed by atoms with Crippen molar-refractivity contribution in [1.29, 1.82) is 0 Å². The molecule has 5 aromatic carbocycles. The molecule has 0 aliphatic rings. The van der Waals surface area contributed by atoms with Gasteiger partial charge in [0.15, 0.2) is 34.5 Å². The second-order valence-electron chi connectivity index (χ2n) is 26.1. The molecule has 9 heteroatoms. The first-order valence-corrected chi connectivity index (χ1v) is 37.7. The number of fused-ring (bicyclic) bond motifs is 6. The number of carboxylic acids is 1. The number of rotatable bonds is 60. The number of carbonyl (C=O) groups is 1. The zero-order valence-corrected chi connectivity index (χ0v) is 58.0. The number of aromatic carboxylic acids is 1. The van der Waals surface area contributed by atoms with Crippen molar-refractivity contribution in [2.75, 3.05) is 46.2 Å². The highest BCUT2D eigenvalue weighted by molar-refractivity contribution is 6.27. The number of carboxylic acid groups (broad SMARTS) is 1. The lowest BCUT2D eigenvalue weighted by Crippen LogP contribution is -2.05. The Balaban J connectivity index is 1.54. The van der Waals surface area contributed by atoms with Crippen LogP contribution >= 0.6 is 0 Å². The zero-order valence-electron chi connectivity index (χ0n) is 58.0. The quantitative estimate of drug-likeness (QED) is 0.0301. The van der Waals surface area contributed by atoms with Gasteiger partial charge >= 0.3 is 5.97 Å². The van der Waals surface area contributed by atoms with Crippen molar-refractivity contribution < 1.29 is 43.1 Å². The first kappa shape index (κ1) is 75.7. The second kappa shape index (κ2) is 49.6. The Morgan fingerprint density at radius 2 is 0.411 bits per heavy atom. The van der Waals surface area contributed by atoms with Crippen LogP contribution in [0.15, 0.2) is 60.7 Å². The van der Waals surface area contributed by atoms with Crippen LogP contribution in [-0.2, 0) is 0 Å². The zero-order chi connectivity index (χ0) is 63.7. The van der Waals surface area contributed by atoms with Crippen LogP contribution in [0.5, 0.6) is 40.2 Å². The fraction of sp³-hybridized carbons (Fsp3) is 0.691. The molecular formula is C81H128O9. The molecule has 0 aliphatic heterocycles. The van der Waals surface area contributed by atoms with E-state index in [0.29, 0.717) is 52.0 Å². The molecule has 0 radical (unpaired) electrons. The van der Waals surface area contributed by atoms with Crippen LogP contribution in [0.2, 0.25) is 0 Å². The number of ether oxygens (including phenoxy) is 7. The van der Waals surface area contributed by atoms with Crippen molar-refractivity contribution in [3.63, 3.8) is 0 Å². The largest absolute Gasteiger partial charge is 0.494 e. The molecule has 0 unspecified atom stereocenters. The molecule has 0 heterocycles. The van der Waals surface area contributed by atoms with Gasteiger partial charge in [-0.2, -0.15) is 0 Å². The highest BCUT2D eigenvalue weighted by Gasteiger charge is 2.21. The van der Waals surface area contributed by atoms with Crippen LogP contribution < -0.4 is 33.2 Å². The monoisotopic (exact) mass is 1240 g/mol. The third-order valence-electron chi connectivity index (χ3n) is 18.1. The van der Waals surface area contributed by atoms with Crippen LogP contribution in [0.1, 0.15) is 327 Å². The van der Waals surface area contributed by atoms with E-state index in [9.17, 15) is 9.90 Å². The fourth-order valence-corrected chi connectivity index (χ4v) is 12.4. The van der Waals surface area contributed by atoms with Crippen LogP contribution in [0.4, 0.5) is 0 Å². The van der Waals surface area contributed by atoms with Crippen LogP contribution in [-0.4, -0.2) is 57.3 Å². The molecule has 90 heavy (non-hydrogen) atoms. The molecule has 0 atom stereocenters. The first-order chi connectivity index (χ1) is 44.4. The molecule has 0 bridgehead atoms. The number of benzene rings is 5. The van der Waals surface area contributed by atoms with Crippen LogP contribution in [0.3, 0.4) is 0 Å². The smallest absolute Gasteiger partial charge is 0.335 e. The second-order valence-corrected chi connectivity index (χ2v) is 26.1. The van der Waals surface area contributed by atoms with Gasteiger partial charge < -0.3 is 38.3 Å². The molecule has 0 saturated carbocycles. The predicted octanol–water partition coefficient (Wildman–Crippen LogP) is 25.5. The van der Waals surface area contributed by atoms with Crippen molar-refractivity contribution in [3.8, 4) is 40.2 Å². The van der Waals surface area contributed by atoms with E-state index in [-0.39, 0.29) is 5.56 Å². The Bertz CT molecular complexity index is 2550. The molecule has 506 valence electrons. The molecule has 0 spiro atoms. The minimum Gasteiger partial charge on any atom is -0.494 e. The lowest BCUT2D eigenvalue weighted by molar-refractivity contribution is 0.0696. The molecule has 1 N–H and O–H groups in total. The lowest BCUT2D eigenvalue weighted by atomic mass is 9.93. The molecule has 0 aliphatic carbocycles. The third kappa shape index (κ3) is 30.6. The van der Waals surface area contributed by atoms with E-state index >= 15 is 0 Å². The van der Waals surface area contributed by atoms with Gasteiger partial charge in [0, 0.05) is 0 Å². The summed E-state index contributed by atoms with van der Waals surface area (Å²) in [5, 5.41) is 15.9. The summed E-state index contributed by atoms with van der Waals surface area (Å²) in [6.45, 7) is 15.8. The van der Waals surface area contributed by atoms with Gasteiger partial charge in [0.2, 0.25) is 0 Å². The van der Waals surface area contributed by atoms with Crippen molar-refractivity contribution >= 4 is 38.3 Å². The summed E-state index contributed by atoms with van der Waals surface area (Å²) < 4.78 is 47.4. The van der Waals surface area contributed by atoms with Gasteiger partial charge in [-0.15, -0.1) is 0 Å². The molecule has 0 amide bonds. The summed E-state index contributed by atoms with van der Waals surface area (Å²) in [4.78, 5) is 11.4. The fourth-order valence-electron chi connectivity index (χ4n) is 12.4. The van der Waals surface area contributed by atoms with E-state index in [1.54, 1.807) is 24.3 Å². The average Bonchev–Trinajstić information content (AvgIpc) is 0.736. The van der Waals surface area contributed by atoms with Gasteiger partial charge in [-0.25, -0.2) is 4.79 Å². The topological polar surface area (TPSA) is 102 Å². The van der Waals surface area contributed by atoms with E-state index in [4.69, 9.17) is 33.2 Å². The van der Waals surface area contributed by atoms with Crippen molar-refractivity contribution in [2.45, 2.75) is 317 Å². The van der Waals surface area contributed by atoms with Gasteiger partial charge in [0.25, 0.3) is 0 Å². The highest BCUT2D eigenvalue weighted by Crippen LogP contribution is 2.47. The summed E-state index contributed by atoms with van der Waals surface area (Å²) in [5.74, 6) is 4.54. The summed E-state index contributed by atoms with van der Waals surface area (Å²) in [6, 6.07) is 20.2. The Morgan fingerprint density at radius 1 is 0.244 bits per heavy atom. The van der Waals surface area contributed by atoms with Crippen LogP contribution in [0.25, 0.3) is 32.3 Å². The normalized spacial score (nSPS) is 11.5. The van der Waals surface area contributed by atoms with Gasteiger partial charge in [-0.1, -0.05) is 259 Å². The minimum absolute atomic E-state index is 0.260. The maximum atomic E-state index is 11.4. The predicted molar refractivity (Wildman–Crippen MR) is 382 cm³/mol. The van der Waals surface area contributed by atoms with E-state index in [1.165, 1.54) is 193 Å². The standard InChI is InChI=1S/C81H128O9/c1-6-11-16-21-26-31-36-44-55-85-75-61-69-70-62-76(86-56-45-37-32-27-22-17-12-7-2)78(88-58-47-39-34-29-24-19-14-9-4)64-72(70)74-66-80(90-60-49-42-41-43-54-84-68-52-50-67(51-53-68)81(82)83)79(89-59-48-40-35-30-25-20-15-10-5)65-73(74)71(69)63-77(75)87-57-46-38-33-28-23-18-13-8-3/h50-53,61-66H,6-49,54-60H2,1-5H3,(H,82,83). The van der Waals surface area contributed by atoms with Crippen molar-refractivity contribution in [3.05, 3.63) is 66.2 Å². The third-order valence-corrected chi connectivity index (χ3v) is 18.1. The molecule has 0 fully saturated rings. The average molecular weight is 1250 g/mol. The first-order valence-electron chi connectivity index (χ1n) is 37.7. The summed E-state index contributed by atoms with van der Waals surface area (Å²) >= 11 is 0. The van der Waals surface area contributed by atoms with Gasteiger partial charge in [-0.05, 0) is 151 Å². The number of hydrogen-bond donors (Lipinski definition) is 1. The van der Waals surface area contributed by atoms with E-state index in [1.807, 2.05) is 0 Å². The molecular weight excluding hydrogens is 1120 g/mol. The molecule has 9 nitrogen and oxygen atoms in total. The maximum Gasteiger partial charge on any atom is 0.335 e. The number of hydrogen-bond acceptors (Lipinski definition) is 8.